The summed E-state index contributed by atoms with van der Waals surface area (Å²) in [5.41, 5.74) is 0.147. The minimum Gasteiger partial charge on any atom is -0.790 e. The van der Waals surface area contributed by atoms with Gasteiger partial charge < -0.3 is 41.0 Å². The number of nitrogens with one attached hydrogen (secondary N) is 4. The van der Waals surface area contributed by atoms with Gasteiger partial charge in [-0.05, 0) is 66.5 Å². The van der Waals surface area contributed by atoms with Crippen molar-refractivity contribution in [3.63, 3.8) is 0 Å². The zero-order valence-corrected chi connectivity index (χ0v) is 23.9. The number of ether oxygens (including phenoxy) is 2. The molecule has 0 aliphatic carbocycles. The molecule has 2 aliphatic rings. The fourth-order valence-electron chi connectivity index (χ4n) is 5.07. The highest BCUT2D eigenvalue weighted by Crippen LogP contribution is 2.49. The Morgan fingerprint density at radius 2 is 1.36 bits per heavy atom. The molecule has 0 aromatic heterocycles. The number of rotatable bonds is 12. The van der Waals surface area contributed by atoms with Crippen molar-refractivity contribution in [1.82, 2.24) is 10.6 Å². The molecule has 0 radical (unpaired) electrons. The van der Waals surface area contributed by atoms with Gasteiger partial charge in [-0.3, -0.25) is 0 Å². The highest BCUT2D eigenvalue weighted by atomic mass is 16.5. The number of piperidine rings is 2. The van der Waals surface area contributed by atoms with E-state index in [0.717, 1.165) is 38.8 Å². The normalized spacial score (nSPS) is 24.6. The molecule has 2 fully saturated rings. The molecule has 2 saturated heterocycles. The molecule has 0 saturated carbocycles. The van der Waals surface area contributed by atoms with Crippen molar-refractivity contribution < 1.29 is 19.7 Å². The summed E-state index contributed by atoms with van der Waals surface area (Å²) in [6.45, 7) is 21.3. The molecule has 2 atom stereocenters. The molecular formula is C28H50N4O4. The molecule has 2 heterocycles. The first kappa shape index (κ1) is 29.1. The van der Waals surface area contributed by atoms with Crippen LogP contribution < -0.4 is 31.5 Å². The Morgan fingerprint density at radius 3 is 1.81 bits per heavy atom. The Bertz CT molecular complexity index is 758. The quantitative estimate of drug-likeness (QED) is 0.320. The van der Waals surface area contributed by atoms with Gasteiger partial charge in [0.1, 0.15) is 0 Å². The second-order valence-electron chi connectivity index (χ2n) is 13.9. The van der Waals surface area contributed by atoms with Gasteiger partial charge in [0.2, 0.25) is 11.4 Å². The lowest BCUT2D eigenvalue weighted by Crippen LogP contribution is -2.49. The number of anilines is 2. The molecule has 8 nitrogen and oxygen atoms in total. The minimum atomic E-state index is -0.228. The molecule has 3 rings (SSSR count). The Kier molecular flexibility index (Phi) is 8.96. The monoisotopic (exact) mass is 506 g/mol. The third-order valence-electron chi connectivity index (χ3n) is 7.43. The molecule has 1 aromatic carbocycles. The summed E-state index contributed by atoms with van der Waals surface area (Å²) < 4.78 is 12.4. The van der Waals surface area contributed by atoms with Gasteiger partial charge in [0.05, 0.1) is 25.4 Å². The second-order valence-corrected chi connectivity index (χ2v) is 13.9. The van der Waals surface area contributed by atoms with Crippen molar-refractivity contribution in [2.24, 2.45) is 10.8 Å². The molecule has 0 amide bonds. The van der Waals surface area contributed by atoms with E-state index in [1.54, 1.807) is 0 Å². The van der Waals surface area contributed by atoms with Crippen molar-refractivity contribution in [3.05, 3.63) is 0 Å². The fourth-order valence-corrected chi connectivity index (χ4v) is 5.07. The number of hydrogen-bond donors (Lipinski definition) is 4. The van der Waals surface area contributed by atoms with E-state index in [2.05, 4.69) is 76.7 Å². The molecule has 0 spiro atoms. The lowest BCUT2D eigenvalue weighted by molar-refractivity contribution is -0.287. The van der Waals surface area contributed by atoms with Gasteiger partial charge in [-0.2, -0.15) is 0 Å². The molecule has 0 bridgehead atoms. The van der Waals surface area contributed by atoms with Crippen molar-refractivity contribution >= 4 is 11.4 Å². The lowest BCUT2D eigenvalue weighted by Gasteiger charge is -2.38. The van der Waals surface area contributed by atoms with E-state index in [1.165, 1.54) is 0 Å². The van der Waals surface area contributed by atoms with Crippen LogP contribution in [-0.4, -0.2) is 62.7 Å². The van der Waals surface area contributed by atoms with Gasteiger partial charge in [0.15, 0.2) is 11.5 Å². The lowest BCUT2D eigenvalue weighted by atomic mass is 9.90. The van der Waals surface area contributed by atoms with Crippen LogP contribution in [0.2, 0.25) is 0 Å². The Hall–Kier alpha value is -1.48. The fraction of sp³-hybridized carbons (Fsp3) is 0.857. The summed E-state index contributed by atoms with van der Waals surface area (Å²) >= 11 is 0. The maximum atomic E-state index is 12.7. The van der Waals surface area contributed by atoms with Gasteiger partial charge in [-0.25, -0.2) is 0 Å². The van der Waals surface area contributed by atoms with Crippen LogP contribution in [0.3, 0.4) is 0 Å². The largest absolute Gasteiger partial charge is 0.790 e. The molecule has 2 unspecified atom stereocenters. The summed E-state index contributed by atoms with van der Waals surface area (Å²) in [6.07, 6.45) is 4.43. The molecule has 2 aliphatic heterocycles. The molecular weight excluding hydrogens is 456 g/mol. The average Bonchev–Trinajstić information content (AvgIpc) is 2.75. The summed E-state index contributed by atoms with van der Waals surface area (Å²) in [5, 5.41) is 38.5. The van der Waals surface area contributed by atoms with E-state index in [0.29, 0.717) is 26.3 Å². The SMILES string of the molecule is CC(C)(CNc1c([O-])[c+](NCC(C)(C)COC2CCNC(C)(C)C2)[c+]1[O-])COC1CCNC(C)(C)C1. The van der Waals surface area contributed by atoms with Gasteiger partial charge in [0, 0.05) is 35.0 Å². The van der Waals surface area contributed by atoms with Crippen molar-refractivity contribution in [2.45, 2.75) is 104 Å². The molecule has 4 N–H and O–H groups in total. The van der Waals surface area contributed by atoms with Crippen molar-refractivity contribution in [1.29, 1.82) is 0 Å². The number of hydrogen-bond acceptors (Lipinski definition) is 8. The molecule has 36 heavy (non-hydrogen) atoms. The van der Waals surface area contributed by atoms with E-state index in [1.807, 2.05) is 0 Å². The Morgan fingerprint density at radius 1 is 0.889 bits per heavy atom. The average molecular weight is 507 g/mol. The zero-order valence-electron chi connectivity index (χ0n) is 23.9. The first-order valence-corrected chi connectivity index (χ1v) is 13.6. The van der Waals surface area contributed by atoms with E-state index in [-0.39, 0.29) is 57.0 Å². The van der Waals surface area contributed by atoms with Crippen LogP contribution in [-0.2, 0) is 9.47 Å². The van der Waals surface area contributed by atoms with Crippen LogP contribution in [0.15, 0.2) is 0 Å². The van der Waals surface area contributed by atoms with Crippen LogP contribution in [0.25, 0.3) is 0 Å². The summed E-state index contributed by atoms with van der Waals surface area (Å²) in [6, 6.07) is 0. The molecule has 206 valence electrons. The second kappa shape index (κ2) is 11.1. The van der Waals surface area contributed by atoms with E-state index in [9.17, 15) is 10.2 Å². The minimum absolute atomic E-state index is 0.0934. The summed E-state index contributed by atoms with van der Waals surface area (Å²) in [7, 11) is 0. The smallest absolute Gasteiger partial charge is 0.249 e. The predicted octanol–water partition coefficient (Wildman–Crippen LogP) is 3.24. The van der Waals surface area contributed by atoms with E-state index in [4.69, 9.17) is 9.47 Å². The van der Waals surface area contributed by atoms with Crippen LogP contribution >= 0.6 is 0 Å². The Balaban J connectivity index is 1.42. The standard InChI is InChI=1S/C28H50N4O4/c1-25(2,17-35-19-9-11-31-27(5,6)13-19)15-29-21-23(33)22(24(21)34)30-16-26(3,4)18-36-20-10-12-32-28(7,8)14-20/h19-20,29-32H,9-18H2,1-8H3. The predicted molar refractivity (Wildman–Crippen MR) is 143 cm³/mol. The third-order valence-corrected chi connectivity index (χ3v) is 7.43. The first-order chi connectivity index (χ1) is 16.6. The summed E-state index contributed by atoms with van der Waals surface area (Å²) in [5.74, 6) is -0.456. The third kappa shape index (κ3) is 8.27. The maximum absolute atomic E-state index is 12.7. The van der Waals surface area contributed by atoms with Gasteiger partial charge in [-0.15, -0.1) is 0 Å². The highest BCUT2D eigenvalue weighted by molar-refractivity contribution is 5.89. The highest BCUT2D eigenvalue weighted by Gasteiger charge is 2.34. The van der Waals surface area contributed by atoms with Crippen LogP contribution in [0.1, 0.15) is 81.1 Å². The van der Waals surface area contributed by atoms with Gasteiger partial charge in [0.25, 0.3) is 0 Å². The Labute approximate surface area is 218 Å². The van der Waals surface area contributed by atoms with E-state index >= 15 is 0 Å². The van der Waals surface area contributed by atoms with E-state index < -0.39 is 0 Å². The van der Waals surface area contributed by atoms with Gasteiger partial charge >= 0.3 is 0 Å². The van der Waals surface area contributed by atoms with Crippen molar-refractivity contribution in [3.8, 4) is 11.5 Å². The zero-order chi connectivity index (χ0) is 26.8. The first-order valence-electron chi connectivity index (χ1n) is 13.6. The summed E-state index contributed by atoms with van der Waals surface area (Å²) in [4.78, 5) is 0. The van der Waals surface area contributed by atoms with Crippen LogP contribution in [0.5, 0.6) is 11.5 Å². The van der Waals surface area contributed by atoms with Gasteiger partial charge in [-0.1, -0.05) is 27.7 Å². The topological polar surface area (TPSA) is 113 Å². The molecule has 8 heteroatoms. The molecule has 1 aromatic rings. The van der Waals surface area contributed by atoms with Crippen LogP contribution in [0, 0.1) is 10.8 Å². The maximum Gasteiger partial charge on any atom is 0.249 e. The van der Waals surface area contributed by atoms with Crippen molar-refractivity contribution in [2.75, 3.05) is 50.0 Å². The van der Waals surface area contributed by atoms with Crippen LogP contribution in [0.4, 0.5) is 11.4 Å².